The van der Waals surface area contributed by atoms with Crippen LogP contribution in [0.4, 0.5) is 0 Å². The molecule has 1 aliphatic heterocycles. The Morgan fingerprint density at radius 3 is 3.05 bits per heavy atom. The van der Waals surface area contributed by atoms with E-state index in [1.807, 2.05) is 4.40 Å². The van der Waals surface area contributed by atoms with Crippen molar-refractivity contribution in [1.82, 2.24) is 14.3 Å². The third-order valence-electron chi connectivity index (χ3n) is 3.96. The van der Waals surface area contributed by atoms with Crippen LogP contribution in [-0.2, 0) is 0 Å². The molecule has 1 N–H and O–H groups in total. The Kier molecular flexibility index (Phi) is 3.40. The molecular formula is C14H16ClN3O2. The number of rotatable bonds is 3. The number of carbonyl (C=O) groups is 1. The maximum Gasteiger partial charge on any atom is 0.335 e. The first-order valence-corrected chi connectivity index (χ1v) is 7.11. The van der Waals surface area contributed by atoms with Crippen molar-refractivity contribution >= 4 is 23.1 Å². The number of aromatic carboxylic acids is 1. The fourth-order valence-corrected chi connectivity index (χ4v) is 3.05. The Balaban J connectivity index is 2.03. The van der Waals surface area contributed by atoms with E-state index in [9.17, 15) is 4.79 Å². The van der Waals surface area contributed by atoms with Gasteiger partial charge in [-0.25, -0.2) is 9.78 Å². The van der Waals surface area contributed by atoms with Crippen LogP contribution in [-0.4, -0.2) is 45.0 Å². The first-order valence-electron chi connectivity index (χ1n) is 6.73. The van der Waals surface area contributed by atoms with Crippen molar-refractivity contribution in [2.45, 2.75) is 19.3 Å². The molecule has 1 saturated heterocycles. The summed E-state index contributed by atoms with van der Waals surface area (Å²) in [5.74, 6) is 0.327. The van der Waals surface area contributed by atoms with E-state index >= 15 is 0 Å². The first-order chi connectivity index (χ1) is 9.60. The van der Waals surface area contributed by atoms with Gasteiger partial charge in [-0.2, -0.15) is 0 Å². The highest BCUT2D eigenvalue weighted by molar-refractivity contribution is 6.32. The van der Waals surface area contributed by atoms with Crippen LogP contribution in [0, 0.1) is 0 Å². The molecule has 3 rings (SSSR count). The summed E-state index contributed by atoms with van der Waals surface area (Å²) in [6.45, 7) is 5.24. The third kappa shape index (κ3) is 2.17. The minimum absolute atomic E-state index is 0.229. The molecule has 106 valence electrons. The van der Waals surface area contributed by atoms with E-state index in [2.05, 4.69) is 16.8 Å². The lowest BCUT2D eigenvalue weighted by Gasteiger charge is -2.12. The van der Waals surface area contributed by atoms with E-state index in [0.29, 0.717) is 16.6 Å². The number of nitrogens with zero attached hydrogens (tertiary/aromatic N) is 3. The van der Waals surface area contributed by atoms with Crippen LogP contribution < -0.4 is 0 Å². The number of likely N-dealkylation sites (tertiary alicyclic amines) is 1. The molecule has 2 aromatic heterocycles. The lowest BCUT2D eigenvalue weighted by molar-refractivity contribution is 0.0697. The summed E-state index contributed by atoms with van der Waals surface area (Å²) in [6.07, 6.45) is 2.81. The molecule has 6 heteroatoms. The summed E-state index contributed by atoms with van der Waals surface area (Å²) < 4.78 is 1.92. The van der Waals surface area contributed by atoms with Gasteiger partial charge in [0.05, 0.1) is 11.1 Å². The molecule has 0 spiro atoms. The Morgan fingerprint density at radius 1 is 1.60 bits per heavy atom. The van der Waals surface area contributed by atoms with Crippen LogP contribution in [0.1, 0.15) is 35.4 Å². The minimum atomic E-state index is -0.954. The van der Waals surface area contributed by atoms with Crippen molar-refractivity contribution in [3.63, 3.8) is 0 Å². The average Bonchev–Trinajstić information content (AvgIpc) is 3.03. The van der Waals surface area contributed by atoms with Gasteiger partial charge in [0, 0.05) is 18.7 Å². The summed E-state index contributed by atoms with van der Waals surface area (Å²) in [6, 6.07) is 3.16. The zero-order chi connectivity index (χ0) is 14.3. The second-order valence-electron chi connectivity index (χ2n) is 5.12. The molecule has 1 aliphatic rings. The molecule has 2 aromatic rings. The van der Waals surface area contributed by atoms with Crippen molar-refractivity contribution < 1.29 is 9.90 Å². The van der Waals surface area contributed by atoms with Gasteiger partial charge in [-0.15, -0.1) is 0 Å². The second kappa shape index (κ2) is 5.07. The highest BCUT2D eigenvalue weighted by Gasteiger charge is 2.27. The average molecular weight is 294 g/mol. The van der Waals surface area contributed by atoms with Crippen molar-refractivity contribution in [1.29, 1.82) is 0 Å². The Hall–Kier alpha value is -1.59. The van der Waals surface area contributed by atoms with E-state index in [4.69, 9.17) is 16.7 Å². The topological polar surface area (TPSA) is 57.8 Å². The summed E-state index contributed by atoms with van der Waals surface area (Å²) in [5, 5.41) is 9.41. The SMILES string of the molecule is CCN1CCC(c2nc(Cl)c3cc(C(=O)O)ccn23)C1. The largest absolute Gasteiger partial charge is 0.478 e. The number of aromatic nitrogens is 2. The van der Waals surface area contributed by atoms with E-state index < -0.39 is 5.97 Å². The maximum absolute atomic E-state index is 11.0. The zero-order valence-corrected chi connectivity index (χ0v) is 12.0. The lowest BCUT2D eigenvalue weighted by Crippen LogP contribution is -2.19. The van der Waals surface area contributed by atoms with Gasteiger partial charge in [0.1, 0.15) is 5.82 Å². The molecule has 3 heterocycles. The van der Waals surface area contributed by atoms with Gasteiger partial charge in [-0.1, -0.05) is 18.5 Å². The van der Waals surface area contributed by atoms with Crippen molar-refractivity contribution in [2.75, 3.05) is 19.6 Å². The molecule has 0 bridgehead atoms. The Morgan fingerprint density at radius 2 is 2.40 bits per heavy atom. The molecular weight excluding hydrogens is 278 g/mol. The quantitative estimate of drug-likeness (QED) is 0.944. The Bertz CT molecular complexity index is 668. The number of pyridine rings is 1. The van der Waals surface area contributed by atoms with Crippen LogP contribution in [0.5, 0.6) is 0 Å². The number of hydrogen-bond acceptors (Lipinski definition) is 3. The van der Waals surface area contributed by atoms with E-state index in [1.165, 1.54) is 0 Å². The number of likely N-dealkylation sites (N-methyl/N-ethyl adjacent to an activating group) is 1. The van der Waals surface area contributed by atoms with E-state index in [1.54, 1.807) is 18.3 Å². The molecule has 5 nitrogen and oxygen atoms in total. The van der Waals surface area contributed by atoms with Gasteiger partial charge in [0.15, 0.2) is 5.15 Å². The second-order valence-corrected chi connectivity index (χ2v) is 5.47. The van der Waals surface area contributed by atoms with Gasteiger partial charge < -0.3 is 14.4 Å². The fourth-order valence-electron chi connectivity index (χ4n) is 2.82. The number of imidazole rings is 1. The van der Waals surface area contributed by atoms with Gasteiger partial charge in [0.25, 0.3) is 0 Å². The summed E-state index contributed by atoms with van der Waals surface area (Å²) in [4.78, 5) is 17.9. The van der Waals surface area contributed by atoms with E-state index in [-0.39, 0.29) is 5.56 Å². The molecule has 0 aliphatic carbocycles. The maximum atomic E-state index is 11.0. The molecule has 1 unspecified atom stereocenters. The molecule has 0 radical (unpaired) electrons. The number of fused-ring (bicyclic) bond motifs is 1. The fraction of sp³-hybridized carbons (Fsp3) is 0.429. The normalized spacial score (nSPS) is 19.8. The lowest BCUT2D eigenvalue weighted by atomic mass is 10.1. The van der Waals surface area contributed by atoms with E-state index in [0.717, 1.165) is 31.9 Å². The zero-order valence-electron chi connectivity index (χ0n) is 11.2. The first kappa shape index (κ1) is 13.4. The molecule has 1 fully saturated rings. The van der Waals surface area contributed by atoms with Crippen molar-refractivity contribution in [3.05, 3.63) is 34.9 Å². The van der Waals surface area contributed by atoms with Gasteiger partial charge in [-0.05, 0) is 31.6 Å². The van der Waals surface area contributed by atoms with Gasteiger partial charge >= 0.3 is 5.97 Å². The number of halogens is 1. The van der Waals surface area contributed by atoms with Crippen LogP contribution in [0.2, 0.25) is 5.15 Å². The van der Waals surface area contributed by atoms with Crippen LogP contribution in [0.25, 0.3) is 5.52 Å². The van der Waals surface area contributed by atoms with Crippen LogP contribution in [0.3, 0.4) is 0 Å². The van der Waals surface area contributed by atoms with Crippen molar-refractivity contribution in [2.24, 2.45) is 0 Å². The van der Waals surface area contributed by atoms with Crippen LogP contribution >= 0.6 is 11.6 Å². The predicted octanol–water partition coefficient (Wildman–Crippen LogP) is 2.50. The molecule has 0 saturated carbocycles. The predicted molar refractivity (Wildman–Crippen MR) is 76.6 cm³/mol. The standard InChI is InChI=1S/C14H16ClN3O2/c1-2-17-5-3-10(8-17)13-16-12(15)11-7-9(14(19)20)4-6-18(11)13/h4,6-7,10H,2-3,5,8H2,1H3,(H,19,20). The molecule has 1 atom stereocenters. The van der Waals surface area contributed by atoms with Gasteiger partial charge in [-0.3, -0.25) is 0 Å². The minimum Gasteiger partial charge on any atom is -0.478 e. The van der Waals surface area contributed by atoms with Crippen LogP contribution in [0.15, 0.2) is 18.3 Å². The number of carboxylic acid groups (broad SMARTS) is 1. The Labute approximate surface area is 121 Å². The summed E-state index contributed by atoms with van der Waals surface area (Å²) in [7, 11) is 0. The highest BCUT2D eigenvalue weighted by atomic mass is 35.5. The number of carboxylic acids is 1. The number of hydrogen-bond donors (Lipinski definition) is 1. The summed E-state index contributed by atoms with van der Waals surface area (Å²) in [5.41, 5.74) is 0.893. The van der Waals surface area contributed by atoms with Gasteiger partial charge in [0.2, 0.25) is 0 Å². The third-order valence-corrected chi connectivity index (χ3v) is 4.24. The molecule has 0 amide bonds. The monoisotopic (exact) mass is 293 g/mol. The van der Waals surface area contributed by atoms with Crippen molar-refractivity contribution in [3.8, 4) is 0 Å². The smallest absolute Gasteiger partial charge is 0.335 e. The molecule has 20 heavy (non-hydrogen) atoms. The molecule has 0 aromatic carbocycles. The summed E-state index contributed by atoms with van der Waals surface area (Å²) >= 11 is 6.16. The highest BCUT2D eigenvalue weighted by Crippen LogP contribution is 2.30.